The fraction of sp³-hybridized carbons (Fsp3) is 0.360. The minimum Gasteiger partial charge on any atom is -0.463 e. The second-order valence-corrected chi connectivity index (χ2v) is 11.0. The summed E-state index contributed by atoms with van der Waals surface area (Å²) in [5, 5.41) is 12.8. The van der Waals surface area contributed by atoms with E-state index in [2.05, 4.69) is 25.6 Å². The molecule has 0 saturated carbocycles. The van der Waals surface area contributed by atoms with Gasteiger partial charge in [-0.25, -0.2) is 9.11 Å². The van der Waals surface area contributed by atoms with Crippen LogP contribution in [0.3, 0.4) is 0 Å². The number of aryl methyl sites for hydroxylation is 1. The van der Waals surface area contributed by atoms with E-state index >= 15 is 0 Å². The van der Waals surface area contributed by atoms with Crippen molar-refractivity contribution in [3.63, 3.8) is 0 Å². The normalized spacial score (nSPS) is 13.0. The molecule has 1 unspecified atom stereocenters. The van der Waals surface area contributed by atoms with Crippen molar-refractivity contribution in [1.29, 1.82) is 0 Å². The van der Waals surface area contributed by atoms with Crippen LogP contribution in [0.4, 0.5) is 26.6 Å². The molecular formula is C25H30ClFN6O4S. The predicted octanol–water partition coefficient (Wildman–Crippen LogP) is 5.64. The number of aromatic nitrogens is 2. The van der Waals surface area contributed by atoms with Gasteiger partial charge < -0.3 is 25.5 Å². The number of carbonyl (C=O) groups excluding carboxylic acids is 2. The lowest BCUT2D eigenvalue weighted by Gasteiger charge is -2.31. The van der Waals surface area contributed by atoms with Crippen molar-refractivity contribution < 1.29 is 23.1 Å². The largest absolute Gasteiger partial charge is 0.463 e. The molecule has 3 rings (SSSR count). The van der Waals surface area contributed by atoms with Gasteiger partial charge in [0.05, 0.1) is 27.4 Å². The Kier molecular flexibility index (Phi) is 9.23. The van der Waals surface area contributed by atoms with Crippen LogP contribution in [0.5, 0.6) is 0 Å². The number of anilines is 3. The van der Waals surface area contributed by atoms with E-state index < -0.39 is 28.0 Å². The van der Waals surface area contributed by atoms with Gasteiger partial charge in [0.25, 0.3) is 5.24 Å². The third-order valence-corrected chi connectivity index (χ3v) is 6.53. The average molecular weight is 565 g/mol. The molecule has 204 valence electrons. The Morgan fingerprint density at radius 3 is 2.55 bits per heavy atom. The number of nitrogen functional groups attached to an aromatic ring is 1. The average Bonchev–Trinajstić information content (AvgIpc) is 3.27. The summed E-state index contributed by atoms with van der Waals surface area (Å²) in [5.41, 5.74) is 6.27. The van der Waals surface area contributed by atoms with Crippen LogP contribution in [0.15, 0.2) is 40.8 Å². The summed E-state index contributed by atoms with van der Waals surface area (Å²) in [7, 11) is 0. The number of hydrogen-bond donors (Lipinski definition) is 4. The first-order valence-electron chi connectivity index (χ1n) is 11.6. The second kappa shape index (κ2) is 12.0. The van der Waals surface area contributed by atoms with Crippen LogP contribution in [0.1, 0.15) is 44.7 Å². The van der Waals surface area contributed by atoms with Crippen LogP contribution in [-0.4, -0.2) is 28.0 Å². The number of esters is 1. The summed E-state index contributed by atoms with van der Waals surface area (Å²) < 4.78 is 27.7. The highest BCUT2D eigenvalue weighted by Gasteiger charge is 2.33. The smallest absolute Gasteiger partial charge is 0.315 e. The first-order chi connectivity index (χ1) is 17.8. The Morgan fingerprint density at radius 1 is 1.18 bits per heavy atom. The molecule has 0 radical (unpaired) electrons. The number of halogens is 2. The highest BCUT2D eigenvalue weighted by Crippen LogP contribution is 2.30. The first-order valence-corrected chi connectivity index (χ1v) is 12.8. The quantitative estimate of drug-likeness (QED) is 0.146. The van der Waals surface area contributed by atoms with Gasteiger partial charge in [-0.2, -0.15) is 0 Å². The fourth-order valence-corrected chi connectivity index (χ4v) is 4.01. The molecule has 2 aromatic carbocycles. The molecule has 1 amide bonds. The van der Waals surface area contributed by atoms with Crippen molar-refractivity contribution in [2.75, 3.05) is 23.0 Å². The van der Waals surface area contributed by atoms with Crippen molar-refractivity contribution in [2.45, 2.75) is 46.7 Å². The first kappa shape index (κ1) is 29.2. The van der Waals surface area contributed by atoms with Gasteiger partial charge in [0.1, 0.15) is 12.4 Å². The van der Waals surface area contributed by atoms with E-state index in [1.54, 1.807) is 52.8 Å². The molecule has 38 heavy (non-hydrogen) atoms. The topological polar surface area (TPSA) is 144 Å². The van der Waals surface area contributed by atoms with E-state index in [4.69, 9.17) is 26.5 Å². The van der Waals surface area contributed by atoms with Crippen LogP contribution in [0.2, 0.25) is 5.02 Å². The number of rotatable bonds is 9. The molecular weight excluding hydrogens is 535 g/mol. The van der Waals surface area contributed by atoms with Crippen LogP contribution in [0.25, 0.3) is 0 Å². The maximum atomic E-state index is 13.8. The van der Waals surface area contributed by atoms with E-state index in [1.165, 1.54) is 18.2 Å². The van der Waals surface area contributed by atoms with Crippen molar-refractivity contribution in [1.82, 2.24) is 14.9 Å². The molecule has 10 nitrogen and oxygen atoms in total. The Bertz CT molecular complexity index is 1320. The number of nitrogens with two attached hydrogens (primary N) is 1. The van der Waals surface area contributed by atoms with Gasteiger partial charge in [-0.3, -0.25) is 9.59 Å². The highest BCUT2D eigenvalue weighted by molar-refractivity contribution is 8.12. The molecule has 3 aromatic rings. The number of para-hydroxylation sites is 1. The molecule has 1 aromatic heterocycles. The Hall–Kier alpha value is -3.35. The van der Waals surface area contributed by atoms with E-state index in [0.717, 1.165) is 11.9 Å². The summed E-state index contributed by atoms with van der Waals surface area (Å²) in [4.78, 5) is 25.4. The van der Waals surface area contributed by atoms with Crippen molar-refractivity contribution in [3.05, 3.63) is 64.3 Å². The summed E-state index contributed by atoms with van der Waals surface area (Å²) in [6.07, 6.45) is 0. The van der Waals surface area contributed by atoms with Gasteiger partial charge in [0.15, 0.2) is 0 Å². The zero-order valence-electron chi connectivity index (χ0n) is 21.6. The fourth-order valence-electron chi connectivity index (χ4n) is 3.18. The summed E-state index contributed by atoms with van der Waals surface area (Å²) in [6.45, 7) is 8.69. The maximum Gasteiger partial charge on any atom is 0.315 e. The Balaban J connectivity index is 1.74. The van der Waals surface area contributed by atoms with E-state index in [-0.39, 0.29) is 24.2 Å². The van der Waals surface area contributed by atoms with Gasteiger partial charge >= 0.3 is 12.0 Å². The van der Waals surface area contributed by atoms with E-state index in [9.17, 15) is 14.0 Å². The molecule has 0 aliphatic carbocycles. The van der Waals surface area contributed by atoms with Crippen molar-refractivity contribution >= 4 is 52.1 Å². The number of amides is 1. The Labute approximate surface area is 229 Å². The molecule has 1 atom stereocenters. The van der Waals surface area contributed by atoms with Gasteiger partial charge in [-0.05, 0) is 57.0 Å². The standard InChI is InChI=1S/C25H30ClFN6O4S/c1-14-31-32-22(37-14)29-12-15-7-6-8-19(28)20(15)30-23(35)38-33-25(5,13-36-21(34)24(2,3)4)16-9-10-18(27)17(26)11-16/h6-11,33H,12-13,28H2,1-5H3,(H,29,32)(H,30,35). The summed E-state index contributed by atoms with van der Waals surface area (Å²) >= 11 is 6.74. The zero-order chi connectivity index (χ0) is 28.1. The highest BCUT2D eigenvalue weighted by atomic mass is 35.5. The van der Waals surface area contributed by atoms with Crippen molar-refractivity contribution in [3.8, 4) is 0 Å². The monoisotopic (exact) mass is 564 g/mol. The minimum absolute atomic E-state index is 0.0993. The zero-order valence-corrected chi connectivity index (χ0v) is 23.2. The van der Waals surface area contributed by atoms with E-state index in [0.29, 0.717) is 28.4 Å². The molecule has 0 aliphatic rings. The lowest BCUT2D eigenvalue weighted by atomic mass is 9.93. The van der Waals surface area contributed by atoms with Crippen molar-refractivity contribution in [2.24, 2.45) is 5.41 Å². The number of nitrogens with one attached hydrogen (secondary N) is 3. The third kappa shape index (κ3) is 7.59. The number of benzene rings is 2. The molecule has 0 bridgehead atoms. The summed E-state index contributed by atoms with van der Waals surface area (Å²) in [6, 6.07) is 9.58. The van der Waals surface area contributed by atoms with Crippen LogP contribution in [0, 0.1) is 18.2 Å². The lowest BCUT2D eigenvalue weighted by Crippen LogP contribution is -2.42. The van der Waals surface area contributed by atoms with Crippen LogP contribution >= 0.6 is 23.5 Å². The molecule has 13 heteroatoms. The number of nitrogens with zero attached hydrogens (tertiary/aromatic N) is 2. The van der Waals surface area contributed by atoms with Gasteiger partial charge in [-0.15, -0.1) is 5.10 Å². The van der Waals surface area contributed by atoms with Crippen LogP contribution < -0.4 is 21.1 Å². The number of carbonyl (C=O) groups is 2. The molecule has 0 saturated heterocycles. The number of ether oxygens (including phenoxy) is 1. The maximum absolute atomic E-state index is 13.8. The Morgan fingerprint density at radius 2 is 1.92 bits per heavy atom. The second-order valence-electron chi connectivity index (χ2n) is 9.76. The van der Waals surface area contributed by atoms with Crippen LogP contribution in [-0.2, 0) is 21.6 Å². The number of hydrogen-bond acceptors (Lipinski definition) is 10. The SMILES string of the molecule is Cc1nnc(NCc2cccc(N)c2NC(=O)SNC(C)(COC(=O)C(C)(C)C)c2ccc(F)c(Cl)c2)o1. The minimum atomic E-state index is -1.09. The van der Waals surface area contributed by atoms with E-state index in [1.807, 2.05) is 0 Å². The molecule has 0 aliphatic heterocycles. The lowest BCUT2D eigenvalue weighted by molar-refractivity contribution is -0.155. The summed E-state index contributed by atoms with van der Waals surface area (Å²) in [5.74, 6) is -0.611. The van der Waals surface area contributed by atoms with Gasteiger partial charge in [0, 0.05) is 25.4 Å². The van der Waals surface area contributed by atoms with Gasteiger partial charge in [0.2, 0.25) is 5.89 Å². The molecule has 0 fully saturated rings. The molecule has 0 spiro atoms. The van der Waals surface area contributed by atoms with Gasteiger partial charge in [-0.1, -0.05) is 34.9 Å². The third-order valence-electron chi connectivity index (χ3n) is 5.40. The molecule has 1 heterocycles. The predicted molar refractivity (Wildman–Crippen MR) is 146 cm³/mol. The molecule has 5 N–H and O–H groups in total.